The topological polar surface area (TPSA) is 124 Å². The molecule has 1 N–H and O–H groups in total. The van der Waals surface area contributed by atoms with E-state index in [2.05, 4.69) is 25.6 Å². The molecule has 1 aliphatic rings. The summed E-state index contributed by atoms with van der Waals surface area (Å²) >= 11 is 0. The van der Waals surface area contributed by atoms with Crippen molar-refractivity contribution in [2.45, 2.75) is 45.1 Å². The minimum atomic E-state index is -2.78. The molecule has 0 unspecified atom stereocenters. The maximum atomic E-state index is 13.6. The summed E-state index contributed by atoms with van der Waals surface area (Å²) in [6.45, 7) is 5.12. The Labute approximate surface area is 211 Å². The van der Waals surface area contributed by atoms with Crippen LogP contribution in [0.4, 0.5) is 19.4 Å². The quantitative estimate of drug-likeness (QED) is 0.542. The van der Waals surface area contributed by atoms with Crippen LogP contribution >= 0.6 is 0 Å². The van der Waals surface area contributed by atoms with Gasteiger partial charge < -0.3 is 14.4 Å². The molecular weight excluding hydrogens is 488 g/mol. The molecule has 2 amide bonds. The van der Waals surface area contributed by atoms with Gasteiger partial charge in [0.15, 0.2) is 11.5 Å². The van der Waals surface area contributed by atoms with Gasteiger partial charge in [-0.2, -0.15) is 5.10 Å². The highest BCUT2D eigenvalue weighted by atomic mass is 19.3. The monoisotopic (exact) mass is 515 g/mol. The molecule has 1 fully saturated rings. The first kappa shape index (κ1) is 25.9. The predicted molar refractivity (Wildman–Crippen MR) is 129 cm³/mol. The number of rotatable bonds is 5. The molecule has 13 heteroatoms. The maximum Gasteiger partial charge on any atom is 0.413 e. The summed E-state index contributed by atoms with van der Waals surface area (Å²) < 4.78 is 38.9. The number of hydrogen-bond donors (Lipinski definition) is 1. The average Bonchev–Trinajstić information content (AvgIpc) is 3.28. The number of hydrogen-bond acceptors (Lipinski definition) is 8. The summed E-state index contributed by atoms with van der Waals surface area (Å²) in [4.78, 5) is 30.8. The van der Waals surface area contributed by atoms with E-state index >= 15 is 0 Å². The van der Waals surface area contributed by atoms with Crippen LogP contribution in [0.5, 0.6) is 5.88 Å². The number of halogens is 2. The summed E-state index contributed by atoms with van der Waals surface area (Å²) in [6.07, 6.45) is 0.0529. The molecule has 0 atom stereocenters. The largest absolute Gasteiger partial charge is 0.480 e. The van der Waals surface area contributed by atoms with Crippen molar-refractivity contribution in [1.29, 1.82) is 0 Å². The van der Waals surface area contributed by atoms with Crippen LogP contribution in [0.25, 0.3) is 17.1 Å². The lowest BCUT2D eigenvalue weighted by Gasteiger charge is -2.31. The number of aromatic nitrogens is 5. The molecule has 0 spiro atoms. The SMILES string of the molecule is COc1ccc(-n2nc(C(=O)N3CCC(F)(F)CC3)cc2-c2ccc(NC(=O)OC(C)(C)C)nc2)nn1. The number of anilines is 1. The van der Waals surface area contributed by atoms with Crippen LogP contribution in [0.3, 0.4) is 0 Å². The minimum Gasteiger partial charge on any atom is -0.480 e. The number of likely N-dealkylation sites (tertiary alicyclic amines) is 1. The predicted octanol–water partition coefficient (Wildman–Crippen LogP) is 3.95. The van der Waals surface area contributed by atoms with Crippen LogP contribution < -0.4 is 10.1 Å². The average molecular weight is 516 g/mol. The Kier molecular flexibility index (Phi) is 7.05. The minimum absolute atomic E-state index is 0.0637. The molecule has 4 heterocycles. The lowest BCUT2D eigenvalue weighted by Crippen LogP contribution is -2.42. The Morgan fingerprint density at radius 3 is 2.38 bits per heavy atom. The van der Waals surface area contributed by atoms with Crippen molar-refractivity contribution in [2.24, 2.45) is 0 Å². The summed E-state index contributed by atoms with van der Waals surface area (Å²) in [5.41, 5.74) is 0.419. The van der Waals surface area contributed by atoms with Crippen LogP contribution in [0.15, 0.2) is 36.5 Å². The van der Waals surface area contributed by atoms with Crippen LogP contribution in [0, 0.1) is 0 Å². The van der Waals surface area contributed by atoms with Crippen LogP contribution in [-0.4, -0.2) is 73.6 Å². The maximum absolute atomic E-state index is 13.6. The van der Waals surface area contributed by atoms with E-state index in [1.165, 1.54) is 22.9 Å². The fraction of sp³-hybridized carbons (Fsp3) is 0.417. The second kappa shape index (κ2) is 10.1. The van der Waals surface area contributed by atoms with Crippen molar-refractivity contribution in [2.75, 3.05) is 25.5 Å². The number of methoxy groups -OCH3 is 1. The second-order valence-electron chi connectivity index (χ2n) is 9.47. The van der Waals surface area contributed by atoms with Crippen LogP contribution in [0.1, 0.15) is 44.1 Å². The molecule has 0 bridgehead atoms. The highest BCUT2D eigenvalue weighted by Crippen LogP contribution is 2.29. The molecule has 11 nitrogen and oxygen atoms in total. The van der Waals surface area contributed by atoms with E-state index in [1.54, 1.807) is 51.1 Å². The van der Waals surface area contributed by atoms with E-state index in [1.807, 2.05) is 0 Å². The van der Waals surface area contributed by atoms with Gasteiger partial charge in [-0.3, -0.25) is 10.1 Å². The molecule has 3 aromatic rings. The molecule has 37 heavy (non-hydrogen) atoms. The van der Waals surface area contributed by atoms with Gasteiger partial charge in [-0.25, -0.2) is 23.2 Å². The van der Waals surface area contributed by atoms with Gasteiger partial charge in [0.25, 0.3) is 11.8 Å². The zero-order valence-electron chi connectivity index (χ0n) is 20.9. The van der Waals surface area contributed by atoms with E-state index in [4.69, 9.17) is 9.47 Å². The van der Waals surface area contributed by atoms with E-state index in [-0.39, 0.29) is 24.6 Å². The number of alkyl halides is 2. The summed E-state index contributed by atoms with van der Waals surface area (Å²) in [5, 5.41) is 15.0. The first-order valence-electron chi connectivity index (χ1n) is 11.6. The highest BCUT2D eigenvalue weighted by molar-refractivity contribution is 5.93. The van der Waals surface area contributed by atoms with E-state index in [9.17, 15) is 18.4 Å². The van der Waals surface area contributed by atoms with Gasteiger partial charge in [0.05, 0.1) is 12.8 Å². The lowest BCUT2D eigenvalue weighted by atomic mass is 10.1. The zero-order chi connectivity index (χ0) is 26.8. The number of nitrogens with zero attached hydrogens (tertiary/aromatic N) is 6. The normalized spacial score (nSPS) is 15.2. The zero-order valence-corrected chi connectivity index (χ0v) is 20.9. The molecule has 0 aliphatic carbocycles. The number of nitrogens with one attached hydrogen (secondary N) is 1. The molecule has 0 aromatic carbocycles. The highest BCUT2D eigenvalue weighted by Gasteiger charge is 2.36. The van der Waals surface area contributed by atoms with Crippen LogP contribution in [-0.2, 0) is 4.74 Å². The Balaban J connectivity index is 1.63. The van der Waals surface area contributed by atoms with Gasteiger partial charge in [-0.05, 0) is 45.0 Å². The van der Waals surface area contributed by atoms with Crippen molar-refractivity contribution in [3.05, 3.63) is 42.2 Å². The van der Waals surface area contributed by atoms with Crippen molar-refractivity contribution in [3.63, 3.8) is 0 Å². The Bertz CT molecular complexity index is 1260. The standard InChI is InChI=1S/C24H27F2N7O4/c1-23(2,3)37-22(35)28-18-6-5-15(14-27-18)17-13-16(21(34)32-11-9-24(25,26)10-12-32)31-33(17)19-7-8-20(36-4)30-29-19/h5-8,13-14H,9-12H2,1-4H3,(H,27,28,35). The number of carbonyl (C=O) groups is 2. The third-order valence-electron chi connectivity index (χ3n) is 5.45. The van der Waals surface area contributed by atoms with Crippen molar-refractivity contribution in [1.82, 2.24) is 29.9 Å². The molecule has 4 rings (SSSR count). The molecule has 1 aliphatic heterocycles. The van der Waals surface area contributed by atoms with E-state index in [0.29, 0.717) is 23.0 Å². The third kappa shape index (κ3) is 6.35. The van der Waals surface area contributed by atoms with Gasteiger partial charge in [0.1, 0.15) is 11.4 Å². The van der Waals surface area contributed by atoms with Gasteiger partial charge in [-0.1, -0.05) is 0 Å². The lowest BCUT2D eigenvalue weighted by molar-refractivity contribution is -0.0495. The fourth-order valence-electron chi connectivity index (χ4n) is 3.63. The summed E-state index contributed by atoms with van der Waals surface area (Å²) in [6, 6.07) is 8.00. The molecule has 1 saturated heterocycles. The third-order valence-corrected chi connectivity index (χ3v) is 5.45. The number of amides is 2. The van der Waals surface area contributed by atoms with Crippen molar-refractivity contribution in [3.8, 4) is 23.0 Å². The molecule has 3 aromatic heterocycles. The Hall–Kier alpha value is -4.16. The second-order valence-corrected chi connectivity index (χ2v) is 9.47. The number of pyridine rings is 1. The van der Waals surface area contributed by atoms with Gasteiger partial charge in [0.2, 0.25) is 5.88 Å². The molecular formula is C24H27F2N7O4. The first-order chi connectivity index (χ1) is 17.4. The Morgan fingerprint density at radius 1 is 1.08 bits per heavy atom. The fourth-order valence-corrected chi connectivity index (χ4v) is 3.63. The summed E-state index contributed by atoms with van der Waals surface area (Å²) in [5.74, 6) is -2.38. The van der Waals surface area contributed by atoms with Gasteiger partial charge in [0, 0.05) is 43.8 Å². The smallest absolute Gasteiger partial charge is 0.413 e. The van der Waals surface area contributed by atoms with E-state index < -0.39 is 36.4 Å². The summed E-state index contributed by atoms with van der Waals surface area (Å²) in [7, 11) is 1.46. The van der Waals surface area contributed by atoms with E-state index in [0.717, 1.165) is 0 Å². The van der Waals surface area contributed by atoms with Crippen LogP contribution in [0.2, 0.25) is 0 Å². The number of carbonyl (C=O) groups excluding carboxylic acids is 2. The van der Waals surface area contributed by atoms with Crippen molar-refractivity contribution >= 4 is 17.8 Å². The Morgan fingerprint density at radius 2 is 1.81 bits per heavy atom. The molecule has 196 valence electrons. The first-order valence-corrected chi connectivity index (χ1v) is 11.6. The number of piperidine rings is 1. The number of ether oxygens (including phenoxy) is 2. The van der Waals surface area contributed by atoms with Gasteiger partial charge in [-0.15, -0.1) is 10.2 Å². The molecule has 0 saturated carbocycles. The van der Waals surface area contributed by atoms with Gasteiger partial charge >= 0.3 is 6.09 Å². The van der Waals surface area contributed by atoms with Crippen molar-refractivity contribution < 1.29 is 27.8 Å². The molecule has 0 radical (unpaired) electrons.